The van der Waals surface area contributed by atoms with Crippen molar-refractivity contribution in [2.24, 2.45) is 0 Å². The Labute approximate surface area is 83.1 Å². The van der Waals surface area contributed by atoms with Crippen LogP contribution >= 0.6 is 0 Å². The largest absolute Gasteiger partial charge is 0.377 e. The van der Waals surface area contributed by atoms with Crippen LogP contribution in [0.5, 0.6) is 0 Å². The Kier molecular flexibility index (Phi) is 6.35. The smallest absolute Gasteiger partial charge is 0.0746 e. The third kappa shape index (κ3) is 7.03. The summed E-state index contributed by atoms with van der Waals surface area (Å²) in [6.07, 6.45) is 3.84. The van der Waals surface area contributed by atoms with Gasteiger partial charge in [-0.2, -0.15) is 0 Å². The molecular formula is C11H25NO. The van der Waals surface area contributed by atoms with Crippen molar-refractivity contribution in [3.63, 3.8) is 0 Å². The average molecular weight is 187 g/mol. The minimum atomic E-state index is -0.0412. The van der Waals surface area contributed by atoms with Crippen molar-refractivity contribution in [2.45, 2.75) is 58.6 Å². The first-order chi connectivity index (χ1) is 6.02. The van der Waals surface area contributed by atoms with Gasteiger partial charge < -0.3 is 10.1 Å². The molecule has 0 bridgehead atoms. The first-order valence-electron chi connectivity index (χ1n) is 5.30. The molecular weight excluding hydrogens is 162 g/mol. The van der Waals surface area contributed by atoms with Crippen LogP contribution in [0.15, 0.2) is 0 Å². The number of methoxy groups -OCH3 is 1. The number of unbranched alkanes of at least 4 members (excludes halogenated alkanes) is 1. The van der Waals surface area contributed by atoms with Gasteiger partial charge in [-0.3, -0.25) is 0 Å². The summed E-state index contributed by atoms with van der Waals surface area (Å²) < 4.78 is 5.33. The van der Waals surface area contributed by atoms with Gasteiger partial charge in [0.05, 0.1) is 5.60 Å². The summed E-state index contributed by atoms with van der Waals surface area (Å²) in [5, 5.41) is 3.48. The standard InChI is InChI=1S/C11H25NO/c1-6-7-8-10(2)12-9-11(3,4)13-5/h10,12H,6-9H2,1-5H3. The van der Waals surface area contributed by atoms with E-state index in [4.69, 9.17) is 4.74 Å². The van der Waals surface area contributed by atoms with Gasteiger partial charge in [0.25, 0.3) is 0 Å². The molecule has 0 aromatic heterocycles. The maximum Gasteiger partial charge on any atom is 0.0746 e. The number of ether oxygens (including phenoxy) is 1. The van der Waals surface area contributed by atoms with Crippen LogP contribution in [0.1, 0.15) is 47.0 Å². The van der Waals surface area contributed by atoms with Crippen LogP contribution in [0.25, 0.3) is 0 Å². The van der Waals surface area contributed by atoms with Gasteiger partial charge in [0, 0.05) is 19.7 Å². The first kappa shape index (κ1) is 12.9. The monoisotopic (exact) mass is 187 g/mol. The molecule has 0 radical (unpaired) electrons. The maximum atomic E-state index is 5.33. The van der Waals surface area contributed by atoms with Crippen LogP contribution in [-0.4, -0.2) is 25.3 Å². The lowest BCUT2D eigenvalue weighted by molar-refractivity contribution is 0.0212. The zero-order valence-corrected chi connectivity index (χ0v) is 9.81. The highest BCUT2D eigenvalue weighted by molar-refractivity contribution is 4.73. The molecule has 0 fully saturated rings. The minimum absolute atomic E-state index is 0.0412. The predicted octanol–water partition coefficient (Wildman–Crippen LogP) is 2.58. The molecule has 1 atom stereocenters. The number of hydrogen-bond donors (Lipinski definition) is 1. The van der Waals surface area contributed by atoms with E-state index < -0.39 is 0 Å². The molecule has 0 aliphatic rings. The molecule has 2 heteroatoms. The lowest BCUT2D eigenvalue weighted by Crippen LogP contribution is -2.40. The quantitative estimate of drug-likeness (QED) is 0.661. The zero-order valence-electron chi connectivity index (χ0n) is 9.81. The van der Waals surface area contributed by atoms with Gasteiger partial charge in [0.15, 0.2) is 0 Å². The molecule has 1 unspecified atom stereocenters. The molecule has 0 heterocycles. The number of hydrogen-bond acceptors (Lipinski definition) is 2. The van der Waals surface area contributed by atoms with Crippen LogP contribution in [-0.2, 0) is 4.74 Å². The van der Waals surface area contributed by atoms with Crippen LogP contribution in [0.4, 0.5) is 0 Å². The normalized spacial score (nSPS) is 14.5. The summed E-state index contributed by atoms with van der Waals surface area (Å²) in [4.78, 5) is 0. The second-order valence-electron chi connectivity index (χ2n) is 4.39. The van der Waals surface area contributed by atoms with Gasteiger partial charge in [-0.05, 0) is 27.2 Å². The SMILES string of the molecule is CCCCC(C)NCC(C)(C)OC. The van der Waals surface area contributed by atoms with E-state index >= 15 is 0 Å². The second-order valence-corrected chi connectivity index (χ2v) is 4.39. The highest BCUT2D eigenvalue weighted by atomic mass is 16.5. The van der Waals surface area contributed by atoms with E-state index in [0.717, 1.165) is 6.54 Å². The van der Waals surface area contributed by atoms with Crippen molar-refractivity contribution in [1.82, 2.24) is 5.32 Å². The van der Waals surface area contributed by atoms with E-state index in [0.29, 0.717) is 6.04 Å². The van der Waals surface area contributed by atoms with Crippen LogP contribution in [0.2, 0.25) is 0 Å². The van der Waals surface area contributed by atoms with E-state index in [1.807, 2.05) is 0 Å². The van der Waals surface area contributed by atoms with Crippen LogP contribution in [0, 0.1) is 0 Å². The molecule has 0 spiro atoms. The summed E-state index contributed by atoms with van der Waals surface area (Å²) in [6, 6.07) is 0.606. The van der Waals surface area contributed by atoms with Crippen molar-refractivity contribution in [3.05, 3.63) is 0 Å². The molecule has 0 saturated heterocycles. The molecule has 0 saturated carbocycles. The molecule has 0 aliphatic heterocycles. The highest BCUT2D eigenvalue weighted by Crippen LogP contribution is 2.06. The summed E-state index contributed by atoms with van der Waals surface area (Å²) in [5.74, 6) is 0. The molecule has 1 N–H and O–H groups in total. The van der Waals surface area contributed by atoms with E-state index in [2.05, 4.69) is 33.0 Å². The highest BCUT2D eigenvalue weighted by Gasteiger charge is 2.16. The van der Waals surface area contributed by atoms with Crippen molar-refractivity contribution in [1.29, 1.82) is 0 Å². The molecule has 0 amide bonds. The molecule has 0 aromatic rings. The number of rotatable bonds is 7. The van der Waals surface area contributed by atoms with Crippen molar-refractivity contribution in [3.8, 4) is 0 Å². The van der Waals surface area contributed by atoms with Gasteiger partial charge in [0.2, 0.25) is 0 Å². The Balaban J connectivity index is 3.51. The third-order valence-electron chi connectivity index (χ3n) is 2.42. The summed E-state index contributed by atoms with van der Waals surface area (Å²) in [5.41, 5.74) is -0.0412. The Bertz CT molecular complexity index is 123. The molecule has 0 aromatic carbocycles. The fourth-order valence-electron chi connectivity index (χ4n) is 1.10. The van der Waals surface area contributed by atoms with Gasteiger partial charge in [-0.1, -0.05) is 19.8 Å². The predicted molar refractivity (Wildman–Crippen MR) is 58.1 cm³/mol. The Morgan fingerprint density at radius 1 is 1.38 bits per heavy atom. The number of nitrogens with one attached hydrogen (secondary N) is 1. The molecule has 80 valence electrons. The second kappa shape index (κ2) is 6.39. The lowest BCUT2D eigenvalue weighted by atomic mass is 10.1. The van der Waals surface area contributed by atoms with E-state index in [9.17, 15) is 0 Å². The first-order valence-corrected chi connectivity index (χ1v) is 5.30. The Morgan fingerprint density at radius 2 is 2.00 bits per heavy atom. The summed E-state index contributed by atoms with van der Waals surface area (Å²) in [7, 11) is 1.76. The van der Waals surface area contributed by atoms with Gasteiger partial charge >= 0.3 is 0 Å². The molecule has 13 heavy (non-hydrogen) atoms. The molecule has 2 nitrogen and oxygen atoms in total. The van der Waals surface area contributed by atoms with Crippen molar-refractivity contribution < 1.29 is 4.74 Å². The average Bonchev–Trinajstić information content (AvgIpc) is 2.11. The maximum absolute atomic E-state index is 5.33. The Morgan fingerprint density at radius 3 is 2.46 bits per heavy atom. The van der Waals surface area contributed by atoms with E-state index in [-0.39, 0.29) is 5.60 Å². The molecule has 0 aliphatic carbocycles. The van der Waals surface area contributed by atoms with Crippen LogP contribution in [0.3, 0.4) is 0 Å². The third-order valence-corrected chi connectivity index (χ3v) is 2.42. The zero-order chi connectivity index (χ0) is 10.3. The van der Waals surface area contributed by atoms with E-state index in [1.54, 1.807) is 7.11 Å². The lowest BCUT2D eigenvalue weighted by Gasteiger charge is -2.25. The fourth-order valence-corrected chi connectivity index (χ4v) is 1.10. The minimum Gasteiger partial charge on any atom is -0.377 e. The van der Waals surface area contributed by atoms with E-state index in [1.165, 1.54) is 19.3 Å². The van der Waals surface area contributed by atoms with Gasteiger partial charge in [-0.25, -0.2) is 0 Å². The summed E-state index contributed by atoms with van der Waals surface area (Å²) in [6.45, 7) is 9.60. The summed E-state index contributed by atoms with van der Waals surface area (Å²) >= 11 is 0. The fraction of sp³-hybridized carbons (Fsp3) is 1.00. The Hall–Kier alpha value is -0.0800. The van der Waals surface area contributed by atoms with Crippen LogP contribution < -0.4 is 5.32 Å². The van der Waals surface area contributed by atoms with Crippen molar-refractivity contribution >= 4 is 0 Å². The van der Waals surface area contributed by atoms with Gasteiger partial charge in [-0.15, -0.1) is 0 Å². The molecule has 0 rings (SSSR count). The van der Waals surface area contributed by atoms with Gasteiger partial charge in [0.1, 0.15) is 0 Å². The van der Waals surface area contributed by atoms with Crippen molar-refractivity contribution in [2.75, 3.05) is 13.7 Å². The topological polar surface area (TPSA) is 21.3 Å².